The summed E-state index contributed by atoms with van der Waals surface area (Å²) in [6.07, 6.45) is 0. The van der Waals surface area contributed by atoms with Gasteiger partial charge in [-0.1, -0.05) is 5.22 Å². The van der Waals surface area contributed by atoms with Gasteiger partial charge in [-0.25, -0.2) is 14.3 Å². The summed E-state index contributed by atoms with van der Waals surface area (Å²) in [5.41, 5.74) is 0.940. The maximum Gasteiger partial charge on any atom is 0.263 e. The van der Waals surface area contributed by atoms with Crippen molar-refractivity contribution in [1.82, 2.24) is 0 Å². The van der Waals surface area contributed by atoms with Crippen molar-refractivity contribution in [2.45, 2.75) is 12.1 Å². The molecule has 2 aromatic rings. The number of benzene rings is 2. The number of nitrogens with zero attached hydrogens (tertiary/aromatic N) is 4. The fraction of sp³-hybridized carbons (Fsp3) is 0.176. The minimum atomic E-state index is -0.903. The number of ether oxygens (including phenoxy) is 1. The molecule has 2 amide bonds. The van der Waals surface area contributed by atoms with Gasteiger partial charge in [0.25, 0.3) is 11.8 Å². The number of carbonyl (C=O) groups excluding carboxylic acids is 2. The summed E-state index contributed by atoms with van der Waals surface area (Å²) in [5, 5.41) is 9.22. The predicted molar refractivity (Wildman–Crippen MR) is 86.8 cm³/mol. The summed E-state index contributed by atoms with van der Waals surface area (Å²) in [5.74, 6) is -0.635. The zero-order valence-electron chi connectivity index (χ0n) is 13.2. The van der Waals surface area contributed by atoms with Crippen molar-refractivity contribution in [2.24, 2.45) is 10.3 Å². The van der Waals surface area contributed by atoms with E-state index in [9.17, 15) is 14.0 Å². The Morgan fingerprint density at radius 2 is 1.60 bits per heavy atom. The van der Waals surface area contributed by atoms with Crippen LogP contribution < -0.4 is 14.6 Å². The second-order valence-electron chi connectivity index (χ2n) is 5.63. The van der Waals surface area contributed by atoms with E-state index in [4.69, 9.17) is 4.74 Å². The molecular weight excluding hydrogens is 327 g/mol. The number of hydrogen-bond acceptors (Lipinski definition) is 6. The Morgan fingerprint density at radius 1 is 0.960 bits per heavy atom. The minimum Gasteiger partial charge on any atom is -0.497 e. The number of carbonyl (C=O) groups is 2. The molecule has 0 saturated carbocycles. The van der Waals surface area contributed by atoms with Gasteiger partial charge >= 0.3 is 0 Å². The second-order valence-corrected chi connectivity index (χ2v) is 5.63. The van der Waals surface area contributed by atoms with Crippen LogP contribution in [0.25, 0.3) is 0 Å². The molecule has 0 aromatic heterocycles. The number of hydrogen-bond donors (Lipinski definition) is 0. The molecule has 4 rings (SSSR count). The summed E-state index contributed by atoms with van der Waals surface area (Å²) in [6, 6.07) is 10.4. The molecule has 1 fully saturated rings. The van der Waals surface area contributed by atoms with Crippen molar-refractivity contribution < 1.29 is 18.7 Å². The van der Waals surface area contributed by atoms with E-state index in [1.54, 1.807) is 24.3 Å². The van der Waals surface area contributed by atoms with E-state index >= 15 is 0 Å². The molecule has 2 atom stereocenters. The van der Waals surface area contributed by atoms with Crippen molar-refractivity contribution in [3.63, 3.8) is 0 Å². The number of fused-ring (bicyclic) bond motifs is 1. The van der Waals surface area contributed by atoms with E-state index in [0.29, 0.717) is 17.1 Å². The average Bonchev–Trinajstić information content (AvgIpc) is 3.17. The van der Waals surface area contributed by atoms with Gasteiger partial charge in [0, 0.05) is 0 Å². The quantitative estimate of drug-likeness (QED) is 0.804. The molecule has 0 bridgehead atoms. The van der Waals surface area contributed by atoms with Crippen molar-refractivity contribution >= 4 is 23.2 Å². The van der Waals surface area contributed by atoms with Gasteiger partial charge in [-0.3, -0.25) is 9.59 Å². The van der Waals surface area contributed by atoms with Crippen molar-refractivity contribution in [2.75, 3.05) is 17.0 Å². The first kappa shape index (κ1) is 15.3. The van der Waals surface area contributed by atoms with Crippen LogP contribution in [0.2, 0.25) is 0 Å². The van der Waals surface area contributed by atoms with Crippen LogP contribution in [-0.2, 0) is 9.59 Å². The van der Waals surface area contributed by atoms with E-state index in [1.165, 1.54) is 36.4 Å². The van der Waals surface area contributed by atoms with Gasteiger partial charge in [0.1, 0.15) is 11.6 Å². The van der Waals surface area contributed by atoms with Gasteiger partial charge in [0.05, 0.1) is 18.5 Å². The fourth-order valence-corrected chi connectivity index (χ4v) is 2.95. The van der Waals surface area contributed by atoms with Crippen LogP contribution in [0.1, 0.15) is 0 Å². The van der Waals surface area contributed by atoms with Crippen LogP contribution in [0.5, 0.6) is 5.75 Å². The highest BCUT2D eigenvalue weighted by molar-refractivity contribution is 6.26. The lowest BCUT2D eigenvalue weighted by atomic mass is 10.1. The predicted octanol–water partition coefficient (Wildman–Crippen LogP) is 2.33. The summed E-state index contributed by atoms with van der Waals surface area (Å²) in [7, 11) is 1.53. The maximum atomic E-state index is 13.1. The van der Waals surface area contributed by atoms with Crippen LogP contribution in [0.4, 0.5) is 15.8 Å². The molecular formula is C17H13FN4O3. The Morgan fingerprint density at radius 3 is 2.24 bits per heavy atom. The normalized spacial score (nSPS) is 21.8. The van der Waals surface area contributed by atoms with Gasteiger partial charge in [-0.15, -0.1) is 0 Å². The Labute approximate surface area is 142 Å². The molecule has 25 heavy (non-hydrogen) atoms. The Bertz CT molecular complexity index is 866. The van der Waals surface area contributed by atoms with E-state index < -0.39 is 29.7 Å². The zero-order valence-corrected chi connectivity index (χ0v) is 13.2. The van der Waals surface area contributed by atoms with Crippen molar-refractivity contribution in [1.29, 1.82) is 0 Å². The summed E-state index contributed by atoms with van der Waals surface area (Å²) >= 11 is 0. The number of imide groups is 1. The third kappa shape index (κ3) is 2.34. The Balaban J connectivity index is 1.66. The van der Waals surface area contributed by atoms with E-state index in [-0.39, 0.29) is 0 Å². The lowest BCUT2D eigenvalue weighted by Gasteiger charge is -2.20. The first-order valence-electron chi connectivity index (χ1n) is 7.57. The number of amides is 2. The van der Waals surface area contributed by atoms with Crippen LogP contribution in [-0.4, -0.2) is 31.0 Å². The first-order chi connectivity index (χ1) is 12.1. The highest BCUT2D eigenvalue weighted by atomic mass is 19.1. The van der Waals surface area contributed by atoms with Crippen LogP contribution in [0, 0.1) is 5.82 Å². The SMILES string of the molecule is COc1ccc(N2C(=O)[C@@H]3[C@@H](N=NN3c3ccc(F)cc3)C2=O)cc1. The van der Waals surface area contributed by atoms with E-state index in [0.717, 1.165) is 4.90 Å². The molecule has 2 heterocycles. The number of halogens is 1. The third-order valence-electron chi connectivity index (χ3n) is 4.20. The highest BCUT2D eigenvalue weighted by Crippen LogP contribution is 2.35. The van der Waals surface area contributed by atoms with Gasteiger partial charge in [0.15, 0.2) is 12.1 Å². The molecule has 1 saturated heterocycles. The van der Waals surface area contributed by atoms with Gasteiger partial charge in [-0.05, 0) is 48.5 Å². The molecule has 2 aliphatic heterocycles. The fourth-order valence-electron chi connectivity index (χ4n) is 2.95. The van der Waals surface area contributed by atoms with Crippen molar-refractivity contribution in [3.05, 3.63) is 54.3 Å². The summed E-state index contributed by atoms with van der Waals surface area (Å²) in [6.45, 7) is 0. The largest absolute Gasteiger partial charge is 0.497 e. The molecule has 0 aliphatic carbocycles. The molecule has 0 radical (unpaired) electrons. The van der Waals surface area contributed by atoms with E-state index in [2.05, 4.69) is 10.3 Å². The average molecular weight is 340 g/mol. The van der Waals surface area contributed by atoms with Crippen molar-refractivity contribution in [3.8, 4) is 5.75 Å². The Hall–Kier alpha value is -3.29. The summed E-state index contributed by atoms with van der Waals surface area (Å²) < 4.78 is 18.2. The van der Waals surface area contributed by atoms with Crippen LogP contribution in [0.15, 0.2) is 58.9 Å². The topological polar surface area (TPSA) is 74.6 Å². The number of anilines is 2. The maximum absolute atomic E-state index is 13.1. The monoisotopic (exact) mass is 340 g/mol. The second kappa shape index (κ2) is 5.66. The molecule has 2 aliphatic rings. The minimum absolute atomic E-state index is 0.398. The van der Waals surface area contributed by atoms with Crippen LogP contribution >= 0.6 is 0 Å². The molecule has 0 spiro atoms. The molecule has 2 aromatic carbocycles. The van der Waals surface area contributed by atoms with Gasteiger partial charge in [-0.2, -0.15) is 5.11 Å². The zero-order chi connectivity index (χ0) is 17.6. The lowest BCUT2D eigenvalue weighted by Crippen LogP contribution is -2.39. The number of rotatable bonds is 3. The van der Waals surface area contributed by atoms with Crippen LogP contribution in [0.3, 0.4) is 0 Å². The molecule has 0 unspecified atom stereocenters. The lowest BCUT2D eigenvalue weighted by molar-refractivity contribution is -0.121. The van der Waals surface area contributed by atoms with Gasteiger partial charge in [0.2, 0.25) is 0 Å². The molecule has 7 nitrogen and oxygen atoms in total. The Kier molecular flexibility index (Phi) is 3.45. The standard InChI is InChI=1S/C17H13FN4O3/c1-25-13-8-6-11(7-9-13)21-16(23)14-15(17(21)24)22(20-19-14)12-4-2-10(18)3-5-12/h2-9,14-15H,1H3/t14-,15+/m1/s1. The highest BCUT2D eigenvalue weighted by Gasteiger charge is 2.55. The first-order valence-corrected chi connectivity index (χ1v) is 7.57. The van der Waals surface area contributed by atoms with Gasteiger partial charge < -0.3 is 4.74 Å². The van der Waals surface area contributed by atoms with E-state index in [1.807, 2.05) is 0 Å². The molecule has 126 valence electrons. The third-order valence-corrected chi connectivity index (χ3v) is 4.20. The number of methoxy groups -OCH3 is 1. The smallest absolute Gasteiger partial charge is 0.263 e. The molecule has 8 heteroatoms. The molecule has 0 N–H and O–H groups in total. The summed E-state index contributed by atoms with van der Waals surface area (Å²) in [4.78, 5) is 26.6.